The van der Waals surface area contributed by atoms with Gasteiger partial charge in [-0.05, 0) is 36.4 Å². The summed E-state index contributed by atoms with van der Waals surface area (Å²) in [7, 11) is 0. The molecule has 1 N–H and O–H groups in total. The number of nitrogens with one attached hydrogen (secondary N) is 1. The fourth-order valence-electron chi connectivity index (χ4n) is 3.17. The van der Waals surface area contributed by atoms with E-state index in [4.69, 9.17) is 0 Å². The quantitative estimate of drug-likeness (QED) is 0.785. The molecule has 1 aromatic heterocycles. The van der Waals surface area contributed by atoms with Crippen LogP contribution in [0.3, 0.4) is 0 Å². The van der Waals surface area contributed by atoms with Gasteiger partial charge < -0.3 is 10.2 Å². The molecule has 0 saturated heterocycles. The first-order valence-corrected chi connectivity index (χ1v) is 8.54. The average Bonchev–Trinajstić information content (AvgIpc) is 3.06. The number of para-hydroxylation sites is 2. The Morgan fingerprint density at radius 1 is 1.19 bits per heavy atom. The van der Waals surface area contributed by atoms with Crippen LogP contribution < -0.4 is 10.2 Å². The van der Waals surface area contributed by atoms with Crippen LogP contribution in [0.1, 0.15) is 12.5 Å². The van der Waals surface area contributed by atoms with Gasteiger partial charge in [0.1, 0.15) is 5.82 Å². The van der Waals surface area contributed by atoms with Gasteiger partial charge in [0.05, 0.1) is 29.2 Å². The maximum atomic E-state index is 13.1. The van der Waals surface area contributed by atoms with Crippen molar-refractivity contribution in [1.82, 2.24) is 9.78 Å². The van der Waals surface area contributed by atoms with E-state index < -0.39 is 0 Å². The van der Waals surface area contributed by atoms with E-state index in [0.717, 1.165) is 22.6 Å². The molecular formula is C20H19FN4O. The van der Waals surface area contributed by atoms with E-state index >= 15 is 0 Å². The zero-order chi connectivity index (χ0) is 18.1. The van der Waals surface area contributed by atoms with Gasteiger partial charge in [0.25, 0.3) is 0 Å². The molecule has 132 valence electrons. The summed E-state index contributed by atoms with van der Waals surface area (Å²) in [6.07, 6.45) is 3.73. The average molecular weight is 350 g/mol. The van der Waals surface area contributed by atoms with Crippen molar-refractivity contribution in [2.45, 2.75) is 13.5 Å². The topological polar surface area (TPSA) is 50.2 Å². The van der Waals surface area contributed by atoms with Crippen LogP contribution in [-0.2, 0) is 11.3 Å². The third-order valence-corrected chi connectivity index (χ3v) is 4.55. The van der Waals surface area contributed by atoms with Gasteiger partial charge in [-0.15, -0.1) is 0 Å². The monoisotopic (exact) mass is 350 g/mol. The van der Waals surface area contributed by atoms with Gasteiger partial charge in [-0.3, -0.25) is 4.79 Å². The zero-order valence-electron chi connectivity index (χ0n) is 14.4. The highest BCUT2D eigenvalue weighted by Gasteiger charge is 2.24. The normalized spacial score (nSPS) is 16.8. The van der Waals surface area contributed by atoms with Crippen LogP contribution in [0.15, 0.2) is 60.9 Å². The lowest BCUT2D eigenvalue weighted by molar-refractivity contribution is -0.119. The van der Waals surface area contributed by atoms with E-state index in [1.165, 1.54) is 12.1 Å². The molecule has 1 amide bonds. The van der Waals surface area contributed by atoms with Gasteiger partial charge in [0, 0.05) is 24.8 Å². The first-order chi connectivity index (χ1) is 12.6. The molecule has 4 rings (SSSR count). The molecule has 0 bridgehead atoms. The van der Waals surface area contributed by atoms with Crippen molar-refractivity contribution in [3.8, 4) is 5.69 Å². The third kappa shape index (κ3) is 3.18. The number of halogens is 1. The van der Waals surface area contributed by atoms with E-state index in [1.807, 2.05) is 37.4 Å². The molecule has 26 heavy (non-hydrogen) atoms. The lowest BCUT2D eigenvalue weighted by Gasteiger charge is -2.25. The molecule has 0 saturated carbocycles. The summed E-state index contributed by atoms with van der Waals surface area (Å²) in [6.45, 7) is 3.19. The molecule has 5 nitrogen and oxygen atoms in total. The van der Waals surface area contributed by atoms with Crippen LogP contribution in [0, 0.1) is 11.7 Å². The van der Waals surface area contributed by atoms with Crippen molar-refractivity contribution in [3.63, 3.8) is 0 Å². The van der Waals surface area contributed by atoms with Gasteiger partial charge in [-0.2, -0.15) is 5.10 Å². The highest BCUT2D eigenvalue weighted by atomic mass is 19.1. The minimum absolute atomic E-state index is 0.0296. The van der Waals surface area contributed by atoms with Crippen LogP contribution in [0.25, 0.3) is 5.69 Å². The molecule has 0 radical (unpaired) electrons. The number of carbonyl (C=O) groups excluding carboxylic acids is 1. The van der Waals surface area contributed by atoms with Crippen molar-refractivity contribution < 1.29 is 9.18 Å². The molecule has 1 unspecified atom stereocenters. The zero-order valence-corrected chi connectivity index (χ0v) is 14.4. The highest BCUT2D eigenvalue weighted by Crippen LogP contribution is 2.31. The first-order valence-electron chi connectivity index (χ1n) is 8.54. The molecule has 1 aliphatic rings. The van der Waals surface area contributed by atoms with E-state index in [2.05, 4.69) is 15.3 Å². The Kier molecular flexibility index (Phi) is 4.16. The molecule has 2 heterocycles. The molecule has 1 atom stereocenters. The van der Waals surface area contributed by atoms with Crippen LogP contribution in [0.4, 0.5) is 15.8 Å². The number of anilines is 2. The SMILES string of the molecule is CC1CN(Cc2cnn(-c3ccc(F)cc3)c2)c2ccccc2NC1=O. The van der Waals surface area contributed by atoms with E-state index in [0.29, 0.717) is 13.1 Å². The fourth-order valence-corrected chi connectivity index (χ4v) is 3.17. The Balaban J connectivity index is 1.60. The number of benzene rings is 2. The second kappa shape index (κ2) is 6.63. The number of fused-ring (bicyclic) bond motifs is 1. The fraction of sp³-hybridized carbons (Fsp3) is 0.200. The van der Waals surface area contributed by atoms with Crippen molar-refractivity contribution >= 4 is 17.3 Å². The van der Waals surface area contributed by atoms with E-state index in [9.17, 15) is 9.18 Å². The number of carbonyl (C=O) groups is 1. The van der Waals surface area contributed by atoms with Gasteiger partial charge in [-0.1, -0.05) is 19.1 Å². The molecule has 6 heteroatoms. The van der Waals surface area contributed by atoms with Crippen molar-refractivity contribution in [2.75, 3.05) is 16.8 Å². The van der Waals surface area contributed by atoms with Crippen molar-refractivity contribution in [1.29, 1.82) is 0 Å². The minimum Gasteiger partial charge on any atom is -0.365 e. The van der Waals surface area contributed by atoms with Gasteiger partial charge >= 0.3 is 0 Å². The number of aromatic nitrogens is 2. The predicted octanol–water partition coefficient (Wildman–Crippen LogP) is 3.61. The highest BCUT2D eigenvalue weighted by molar-refractivity contribution is 5.97. The lowest BCUT2D eigenvalue weighted by Crippen LogP contribution is -2.30. The minimum atomic E-state index is -0.270. The van der Waals surface area contributed by atoms with Gasteiger partial charge in [0.15, 0.2) is 0 Å². The summed E-state index contributed by atoms with van der Waals surface area (Å²) < 4.78 is 14.8. The summed E-state index contributed by atoms with van der Waals surface area (Å²) in [4.78, 5) is 14.4. The Morgan fingerprint density at radius 3 is 2.77 bits per heavy atom. The number of hydrogen-bond acceptors (Lipinski definition) is 3. The summed E-state index contributed by atoms with van der Waals surface area (Å²) >= 11 is 0. The number of amides is 1. The summed E-state index contributed by atoms with van der Waals surface area (Å²) in [5.41, 5.74) is 3.65. The number of nitrogens with zero attached hydrogens (tertiary/aromatic N) is 3. The smallest absolute Gasteiger partial charge is 0.229 e. The molecule has 3 aromatic rings. The number of rotatable bonds is 3. The van der Waals surface area contributed by atoms with Crippen LogP contribution in [0.2, 0.25) is 0 Å². The summed E-state index contributed by atoms with van der Waals surface area (Å²) in [6, 6.07) is 14.0. The van der Waals surface area contributed by atoms with E-state index in [-0.39, 0.29) is 17.6 Å². The van der Waals surface area contributed by atoms with Crippen LogP contribution >= 0.6 is 0 Å². The molecule has 1 aliphatic heterocycles. The molecule has 0 aliphatic carbocycles. The first kappa shape index (κ1) is 16.3. The van der Waals surface area contributed by atoms with Gasteiger partial charge in [-0.25, -0.2) is 9.07 Å². The Labute approximate surface area is 151 Å². The second-order valence-electron chi connectivity index (χ2n) is 6.56. The predicted molar refractivity (Wildman–Crippen MR) is 98.8 cm³/mol. The summed E-state index contributed by atoms with van der Waals surface area (Å²) in [5, 5.41) is 7.37. The Morgan fingerprint density at radius 2 is 1.96 bits per heavy atom. The standard InChI is InChI=1S/C20H19FN4O/c1-14-11-24(19-5-3-2-4-18(19)23-20(14)26)12-15-10-22-25(13-15)17-8-6-16(21)7-9-17/h2-10,13-14H,11-12H2,1H3,(H,23,26). The van der Waals surface area contributed by atoms with Crippen LogP contribution in [0.5, 0.6) is 0 Å². The van der Waals surface area contributed by atoms with E-state index in [1.54, 1.807) is 23.0 Å². The maximum absolute atomic E-state index is 13.1. The van der Waals surface area contributed by atoms with Crippen molar-refractivity contribution in [3.05, 3.63) is 72.3 Å². The number of hydrogen-bond donors (Lipinski definition) is 1. The maximum Gasteiger partial charge on any atom is 0.229 e. The van der Waals surface area contributed by atoms with Crippen LogP contribution in [-0.4, -0.2) is 22.2 Å². The molecule has 0 spiro atoms. The second-order valence-corrected chi connectivity index (χ2v) is 6.56. The molecule has 0 fully saturated rings. The lowest BCUT2D eigenvalue weighted by atomic mass is 10.1. The Bertz CT molecular complexity index is 935. The van der Waals surface area contributed by atoms with Gasteiger partial charge in [0.2, 0.25) is 5.91 Å². The molecular weight excluding hydrogens is 331 g/mol. The van der Waals surface area contributed by atoms with Crippen molar-refractivity contribution in [2.24, 2.45) is 5.92 Å². The summed E-state index contributed by atoms with van der Waals surface area (Å²) in [5.74, 6) is -0.357. The molecule has 2 aromatic carbocycles. The largest absolute Gasteiger partial charge is 0.365 e. The third-order valence-electron chi connectivity index (χ3n) is 4.55. The Hall–Kier alpha value is -3.15.